The molecule has 0 saturated heterocycles. The fraction of sp³-hybridized carbons (Fsp3) is 0.615. The lowest BCUT2D eigenvalue weighted by Gasteiger charge is -2.14. The maximum Gasteiger partial charge on any atom is 0.0447 e. The second-order valence-corrected chi connectivity index (χ2v) is 4.93. The highest BCUT2D eigenvalue weighted by Crippen LogP contribution is 2.18. The monoisotopic (exact) mass is 225 g/mol. The van der Waals surface area contributed by atoms with Gasteiger partial charge in [-0.2, -0.15) is 0 Å². The van der Waals surface area contributed by atoms with Gasteiger partial charge in [0.2, 0.25) is 0 Å². The molecule has 0 spiro atoms. The lowest BCUT2D eigenvalue weighted by molar-refractivity contribution is 0.498. The van der Waals surface area contributed by atoms with Crippen LogP contribution in [0, 0.1) is 12.8 Å². The van der Waals surface area contributed by atoms with Crippen molar-refractivity contribution >= 4 is 11.6 Å². The van der Waals surface area contributed by atoms with Gasteiger partial charge in [-0.3, -0.25) is 4.98 Å². The first-order valence-corrected chi connectivity index (χ1v) is 6.11. The van der Waals surface area contributed by atoms with E-state index < -0.39 is 0 Å². The lowest BCUT2D eigenvalue weighted by Crippen LogP contribution is -2.10. The molecule has 0 bridgehead atoms. The van der Waals surface area contributed by atoms with Crippen LogP contribution in [0.15, 0.2) is 18.3 Å². The number of nitrogens with zero attached hydrogens (tertiary/aromatic N) is 1. The highest BCUT2D eigenvalue weighted by Gasteiger charge is 2.11. The maximum absolute atomic E-state index is 6.32. The summed E-state index contributed by atoms with van der Waals surface area (Å²) in [5.41, 5.74) is 2.38. The second kappa shape index (κ2) is 6.12. The fourth-order valence-corrected chi connectivity index (χ4v) is 2.08. The van der Waals surface area contributed by atoms with Gasteiger partial charge in [-0.25, -0.2) is 0 Å². The van der Waals surface area contributed by atoms with Crippen LogP contribution in [-0.2, 0) is 6.42 Å². The van der Waals surface area contributed by atoms with Gasteiger partial charge in [-0.15, -0.1) is 11.6 Å². The number of hydrogen-bond donors (Lipinski definition) is 0. The Morgan fingerprint density at radius 2 is 2.20 bits per heavy atom. The summed E-state index contributed by atoms with van der Waals surface area (Å²) < 4.78 is 0. The van der Waals surface area contributed by atoms with Crippen molar-refractivity contribution in [1.82, 2.24) is 4.98 Å². The van der Waals surface area contributed by atoms with Gasteiger partial charge in [-0.1, -0.05) is 26.3 Å². The predicted molar refractivity (Wildman–Crippen MR) is 66.4 cm³/mol. The first kappa shape index (κ1) is 12.5. The molecule has 0 aliphatic carbocycles. The Labute approximate surface area is 97.9 Å². The maximum atomic E-state index is 6.32. The summed E-state index contributed by atoms with van der Waals surface area (Å²) in [4.78, 5) is 4.37. The molecular formula is C13H20ClN. The van der Waals surface area contributed by atoms with Gasteiger partial charge in [0, 0.05) is 23.7 Å². The van der Waals surface area contributed by atoms with Gasteiger partial charge in [0.15, 0.2) is 0 Å². The Hall–Kier alpha value is -0.560. The average molecular weight is 226 g/mol. The van der Waals surface area contributed by atoms with Crippen molar-refractivity contribution in [2.24, 2.45) is 5.92 Å². The largest absolute Gasteiger partial charge is 0.261 e. The topological polar surface area (TPSA) is 12.9 Å². The molecule has 2 heteroatoms. The lowest BCUT2D eigenvalue weighted by atomic mass is 9.99. The van der Waals surface area contributed by atoms with E-state index in [-0.39, 0.29) is 5.38 Å². The van der Waals surface area contributed by atoms with Gasteiger partial charge in [-0.05, 0) is 30.9 Å². The quantitative estimate of drug-likeness (QED) is 0.691. The van der Waals surface area contributed by atoms with Crippen LogP contribution >= 0.6 is 11.6 Å². The van der Waals surface area contributed by atoms with Crippen LogP contribution in [0.4, 0.5) is 0 Å². The molecule has 1 nitrogen and oxygen atoms in total. The van der Waals surface area contributed by atoms with Crippen LogP contribution < -0.4 is 0 Å². The normalized spacial score (nSPS) is 14.9. The van der Waals surface area contributed by atoms with E-state index in [2.05, 4.69) is 31.8 Å². The van der Waals surface area contributed by atoms with Crippen molar-refractivity contribution in [2.45, 2.75) is 45.4 Å². The molecule has 1 aromatic rings. The standard InChI is InChI=1S/C13H20ClN/c1-4-10(2)8-12(14)9-13-11(3)6-5-7-15-13/h5-7,10,12H,4,8-9H2,1-3H3. The summed E-state index contributed by atoms with van der Waals surface area (Å²) in [6.07, 6.45) is 5.01. The highest BCUT2D eigenvalue weighted by molar-refractivity contribution is 6.20. The number of hydrogen-bond acceptors (Lipinski definition) is 1. The first-order chi connectivity index (χ1) is 7.13. The molecule has 2 unspecified atom stereocenters. The summed E-state index contributed by atoms with van der Waals surface area (Å²) in [5, 5.41) is 0.216. The number of aryl methyl sites for hydroxylation is 1. The zero-order valence-electron chi connectivity index (χ0n) is 9.83. The van der Waals surface area contributed by atoms with Crippen LogP contribution in [0.1, 0.15) is 37.9 Å². The third-order valence-corrected chi connectivity index (χ3v) is 3.22. The third-order valence-electron chi connectivity index (χ3n) is 2.89. The van der Waals surface area contributed by atoms with E-state index in [1.807, 2.05) is 12.3 Å². The smallest absolute Gasteiger partial charge is 0.0447 e. The molecule has 15 heavy (non-hydrogen) atoms. The molecule has 1 heterocycles. The molecule has 84 valence electrons. The van der Waals surface area contributed by atoms with E-state index >= 15 is 0 Å². The predicted octanol–water partition coefficient (Wildman–Crippen LogP) is 3.98. The molecule has 0 N–H and O–H groups in total. The SMILES string of the molecule is CCC(C)CC(Cl)Cc1ncccc1C. The average Bonchev–Trinajstić information content (AvgIpc) is 2.21. The number of rotatable bonds is 5. The van der Waals surface area contributed by atoms with Gasteiger partial charge in [0.05, 0.1) is 0 Å². The number of aromatic nitrogens is 1. The zero-order chi connectivity index (χ0) is 11.3. The summed E-state index contributed by atoms with van der Waals surface area (Å²) in [5.74, 6) is 0.705. The molecule has 0 amide bonds. The fourth-order valence-electron chi connectivity index (χ4n) is 1.63. The van der Waals surface area contributed by atoms with Gasteiger partial charge in [0.1, 0.15) is 0 Å². The van der Waals surface area contributed by atoms with E-state index in [4.69, 9.17) is 11.6 Å². The summed E-state index contributed by atoms with van der Waals surface area (Å²) in [6, 6.07) is 4.06. The number of pyridine rings is 1. The van der Waals surface area contributed by atoms with E-state index in [1.165, 1.54) is 12.0 Å². The Balaban J connectivity index is 2.51. The molecule has 1 rings (SSSR count). The molecule has 0 aliphatic rings. The van der Waals surface area contributed by atoms with Gasteiger partial charge in [0.25, 0.3) is 0 Å². The summed E-state index contributed by atoms with van der Waals surface area (Å²) in [7, 11) is 0. The van der Waals surface area contributed by atoms with E-state index in [0.717, 1.165) is 18.5 Å². The van der Waals surface area contributed by atoms with Crippen molar-refractivity contribution in [3.63, 3.8) is 0 Å². The van der Waals surface area contributed by atoms with Crippen LogP contribution in [0.5, 0.6) is 0 Å². The van der Waals surface area contributed by atoms with Crippen molar-refractivity contribution < 1.29 is 0 Å². The molecule has 0 radical (unpaired) electrons. The zero-order valence-corrected chi connectivity index (χ0v) is 10.6. The first-order valence-electron chi connectivity index (χ1n) is 5.68. The Bertz CT molecular complexity index is 298. The van der Waals surface area contributed by atoms with Gasteiger partial charge >= 0.3 is 0 Å². The number of halogens is 1. The van der Waals surface area contributed by atoms with E-state index in [0.29, 0.717) is 5.92 Å². The third kappa shape index (κ3) is 4.21. The van der Waals surface area contributed by atoms with Crippen molar-refractivity contribution in [3.05, 3.63) is 29.6 Å². The molecule has 1 aromatic heterocycles. The molecule has 0 aromatic carbocycles. The minimum Gasteiger partial charge on any atom is -0.261 e. The van der Waals surface area contributed by atoms with Crippen LogP contribution in [-0.4, -0.2) is 10.4 Å². The second-order valence-electron chi connectivity index (χ2n) is 4.32. The number of alkyl halides is 1. The molecular weight excluding hydrogens is 206 g/mol. The van der Waals surface area contributed by atoms with Crippen molar-refractivity contribution in [1.29, 1.82) is 0 Å². The Kier molecular flexibility index (Phi) is 5.10. The molecule has 0 aliphatic heterocycles. The van der Waals surface area contributed by atoms with Crippen molar-refractivity contribution in [3.8, 4) is 0 Å². The summed E-state index contributed by atoms with van der Waals surface area (Å²) in [6.45, 7) is 6.55. The van der Waals surface area contributed by atoms with Crippen LogP contribution in [0.3, 0.4) is 0 Å². The van der Waals surface area contributed by atoms with E-state index in [1.54, 1.807) is 0 Å². The van der Waals surface area contributed by atoms with Crippen LogP contribution in [0.25, 0.3) is 0 Å². The Morgan fingerprint density at radius 1 is 1.47 bits per heavy atom. The van der Waals surface area contributed by atoms with Crippen molar-refractivity contribution in [2.75, 3.05) is 0 Å². The summed E-state index contributed by atoms with van der Waals surface area (Å²) >= 11 is 6.32. The minimum absolute atomic E-state index is 0.216. The minimum atomic E-state index is 0.216. The molecule has 2 atom stereocenters. The molecule has 0 saturated carbocycles. The highest BCUT2D eigenvalue weighted by atomic mass is 35.5. The Morgan fingerprint density at radius 3 is 2.80 bits per heavy atom. The van der Waals surface area contributed by atoms with Gasteiger partial charge < -0.3 is 0 Å². The molecule has 0 fully saturated rings. The van der Waals surface area contributed by atoms with Crippen LogP contribution in [0.2, 0.25) is 0 Å². The van der Waals surface area contributed by atoms with E-state index in [9.17, 15) is 0 Å².